The SMILES string of the molecule is Cc1ccc2c(c1)-c1c(ccc(O)c1O)C2. The van der Waals surface area contributed by atoms with Gasteiger partial charge in [-0.15, -0.1) is 0 Å². The number of phenolic OH excluding ortho intramolecular Hbond substituents is 2. The molecule has 0 saturated heterocycles. The molecular formula is C14H12O2. The summed E-state index contributed by atoms with van der Waals surface area (Å²) in [6, 6.07) is 9.63. The first-order valence-electron chi connectivity index (χ1n) is 5.30. The fourth-order valence-electron chi connectivity index (χ4n) is 2.35. The highest BCUT2D eigenvalue weighted by molar-refractivity contribution is 5.83. The highest BCUT2D eigenvalue weighted by atomic mass is 16.3. The normalized spacial score (nSPS) is 12.3. The summed E-state index contributed by atoms with van der Waals surface area (Å²) in [4.78, 5) is 0. The van der Waals surface area contributed by atoms with Gasteiger partial charge in [0.25, 0.3) is 0 Å². The van der Waals surface area contributed by atoms with Crippen LogP contribution in [0.4, 0.5) is 0 Å². The smallest absolute Gasteiger partial charge is 0.165 e. The van der Waals surface area contributed by atoms with Crippen molar-refractivity contribution in [2.24, 2.45) is 0 Å². The Morgan fingerprint density at radius 3 is 2.56 bits per heavy atom. The summed E-state index contributed by atoms with van der Waals surface area (Å²) < 4.78 is 0. The average molecular weight is 212 g/mol. The lowest BCUT2D eigenvalue weighted by Crippen LogP contribution is -1.81. The molecule has 0 radical (unpaired) electrons. The average Bonchev–Trinajstić information content (AvgIpc) is 2.62. The van der Waals surface area contributed by atoms with Crippen molar-refractivity contribution >= 4 is 0 Å². The van der Waals surface area contributed by atoms with Crippen LogP contribution in [0.25, 0.3) is 11.1 Å². The van der Waals surface area contributed by atoms with Crippen molar-refractivity contribution in [3.05, 3.63) is 47.0 Å². The molecule has 2 nitrogen and oxygen atoms in total. The van der Waals surface area contributed by atoms with Gasteiger partial charge >= 0.3 is 0 Å². The second-order valence-corrected chi connectivity index (χ2v) is 4.30. The van der Waals surface area contributed by atoms with Crippen molar-refractivity contribution in [3.8, 4) is 22.6 Å². The number of fused-ring (bicyclic) bond motifs is 3. The maximum Gasteiger partial charge on any atom is 0.165 e. The summed E-state index contributed by atoms with van der Waals surface area (Å²) >= 11 is 0. The molecule has 2 heteroatoms. The summed E-state index contributed by atoms with van der Waals surface area (Å²) in [5, 5.41) is 19.4. The highest BCUT2D eigenvalue weighted by Crippen LogP contribution is 2.46. The van der Waals surface area contributed by atoms with Gasteiger partial charge in [0.05, 0.1) is 0 Å². The molecule has 0 atom stereocenters. The third-order valence-electron chi connectivity index (χ3n) is 3.16. The predicted molar refractivity (Wildman–Crippen MR) is 62.8 cm³/mol. The van der Waals surface area contributed by atoms with Crippen molar-refractivity contribution in [2.45, 2.75) is 13.3 Å². The van der Waals surface area contributed by atoms with Gasteiger partial charge in [0.2, 0.25) is 0 Å². The Kier molecular flexibility index (Phi) is 1.75. The van der Waals surface area contributed by atoms with Crippen LogP contribution in [0.15, 0.2) is 30.3 Å². The van der Waals surface area contributed by atoms with E-state index in [0.29, 0.717) is 0 Å². The van der Waals surface area contributed by atoms with Gasteiger partial charge in [0.15, 0.2) is 11.5 Å². The molecule has 0 aromatic heterocycles. The van der Waals surface area contributed by atoms with Crippen LogP contribution in [0.3, 0.4) is 0 Å². The molecule has 0 unspecified atom stereocenters. The van der Waals surface area contributed by atoms with E-state index in [1.807, 2.05) is 13.0 Å². The maximum absolute atomic E-state index is 9.91. The zero-order valence-electron chi connectivity index (χ0n) is 8.99. The van der Waals surface area contributed by atoms with Gasteiger partial charge in [-0.2, -0.15) is 0 Å². The molecule has 0 saturated carbocycles. The van der Waals surface area contributed by atoms with Crippen LogP contribution in [0, 0.1) is 6.92 Å². The van der Waals surface area contributed by atoms with Crippen LogP contribution in [0.2, 0.25) is 0 Å². The summed E-state index contributed by atoms with van der Waals surface area (Å²) in [6.07, 6.45) is 0.832. The van der Waals surface area contributed by atoms with E-state index < -0.39 is 0 Å². The molecule has 0 heterocycles. The minimum absolute atomic E-state index is 0.00171. The molecule has 0 bridgehead atoms. The number of benzene rings is 2. The van der Waals surface area contributed by atoms with Gasteiger partial charge in [-0.3, -0.25) is 0 Å². The third kappa shape index (κ3) is 1.13. The molecule has 1 aliphatic carbocycles. The Labute approximate surface area is 93.8 Å². The first kappa shape index (κ1) is 9.28. The summed E-state index contributed by atoms with van der Waals surface area (Å²) in [7, 11) is 0. The Bertz CT molecular complexity index is 586. The maximum atomic E-state index is 9.91. The lowest BCUT2D eigenvalue weighted by Gasteiger charge is -2.06. The molecule has 16 heavy (non-hydrogen) atoms. The van der Waals surface area contributed by atoms with Crippen LogP contribution in [-0.4, -0.2) is 10.2 Å². The van der Waals surface area contributed by atoms with Crippen molar-refractivity contribution in [3.63, 3.8) is 0 Å². The van der Waals surface area contributed by atoms with Gasteiger partial charge in [0.1, 0.15) is 0 Å². The number of rotatable bonds is 0. The van der Waals surface area contributed by atoms with E-state index in [4.69, 9.17) is 0 Å². The molecule has 2 N–H and O–H groups in total. The third-order valence-corrected chi connectivity index (χ3v) is 3.16. The van der Waals surface area contributed by atoms with Crippen LogP contribution in [0.1, 0.15) is 16.7 Å². The molecule has 80 valence electrons. The molecule has 0 fully saturated rings. The van der Waals surface area contributed by atoms with Crippen molar-refractivity contribution in [1.29, 1.82) is 0 Å². The second-order valence-electron chi connectivity index (χ2n) is 4.30. The minimum atomic E-state index is -0.0480. The van der Waals surface area contributed by atoms with E-state index in [2.05, 4.69) is 18.2 Å². The Morgan fingerprint density at radius 1 is 1.00 bits per heavy atom. The monoisotopic (exact) mass is 212 g/mol. The quantitative estimate of drug-likeness (QED) is 0.562. The van der Waals surface area contributed by atoms with Crippen LogP contribution < -0.4 is 0 Å². The Balaban J connectivity index is 2.34. The molecule has 3 rings (SSSR count). The largest absolute Gasteiger partial charge is 0.504 e. The van der Waals surface area contributed by atoms with Gasteiger partial charge in [-0.1, -0.05) is 29.8 Å². The van der Waals surface area contributed by atoms with E-state index in [-0.39, 0.29) is 11.5 Å². The number of phenols is 2. The van der Waals surface area contributed by atoms with E-state index in [0.717, 1.165) is 28.7 Å². The Morgan fingerprint density at radius 2 is 1.75 bits per heavy atom. The van der Waals surface area contributed by atoms with Crippen molar-refractivity contribution < 1.29 is 10.2 Å². The fraction of sp³-hybridized carbons (Fsp3) is 0.143. The van der Waals surface area contributed by atoms with Crippen LogP contribution >= 0.6 is 0 Å². The topological polar surface area (TPSA) is 40.5 Å². The van der Waals surface area contributed by atoms with Gasteiger partial charge in [-0.05, 0) is 36.1 Å². The Hall–Kier alpha value is -1.96. The number of aryl methyl sites for hydroxylation is 1. The molecular weight excluding hydrogens is 200 g/mol. The van der Waals surface area contributed by atoms with Crippen molar-refractivity contribution in [2.75, 3.05) is 0 Å². The second kappa shape index (κ2) is 3.01. The first-order valence-corrected chi connectivity index (χ1v) is 5.30. The number of hydrogen-bond acceptors (Lipinski definition) is 2. The number of hydrogen-bond donors (Lipinski definition) is 2. The summed E-state index contributed by atoms with van der Waals surface area (Å²) in [6.45, 7) is 2.03. The van der Waals surface area contributed by atoms with Crippen LogP contribution in [-0.2, 0) is 6.42 Å². The molecule has 1 aliphatic rings. The molecule has 2 aromatic rings. The fourth-order valence-corrected chi connectivity index (χ4v) is 2.35. The summed E-state index contributed by atoms with van der Waals surface area (Å²) in [5.41, 5.74) is 5.29. The predicted octanol–water partition coefficient (Wildman–Crippen LogP) is 2.98. The lowest BCUT2D eigenvalue weighted by molar-refractivity contribution is 0.405. The standard InChI is InChI=1S/C14H12O2/c1-8-2-3-9-7-10-4-5-12(15)14(16)13(10)11(9)6-8/h2-6,15-16H,7H2,1H3. The molecule has 0 amide bonds. The molecule has 2 aromatic carbocycles. The van der Waals surface area contributed by atoms with E-state index >= 15 is 0 Å². The number of aromatic hydroxyl groups is 2. The van der Waals surface area contributed by atoms with Crippen molar-refractivity contribution in [1.82, 2.24) is 0 Å². The van der Waals surface area contributed by atoms with E-state index in [1.165, 1.54) is 5.56 Å². The zero-order chi connectivity index (χ0) is 11.3. The van der Waals surface area contributed by atoms with E-state index in [9.17, 15) is 10.2 Å². The van der Waals surface area contributed by atoms with E-state index in [1.54, 1.807) is 6.07 Å². The van der Waals surface area contributed by atoms with Gasteiger partial charge < -0.3 is 10.2 Å². The minimum Gasteiger partial charge on any atom is -0.504 e. The first-order chi connectivity index (χ1) is 7.66. The van der Waals surface area contributed by atoms with Gasteiger partial charge in [-0.25, -0.2) is 0 Å². The molecule has 0 spiro atoms. The van der Waals surface area contributed by atoms with Crippen LogP contribution in [0.5, 0.6) is 11.5 Å². The highest BCUT2D eigenvalue weighted by Gasteiger charge is 2.23. The summed E-state index contributed by atoms with van der Waals surface area (Å²) in [5.74, 6) is -0.0463. The lowest BCUT2D eigenvalue weighted by atomic mass is 10.0. The molecule has 0 aliphatic heterocycles. The zero-order valence-corrected chi connectivity index (χ0v) is 8.99. The van der Waals surface area contributed by atoms with Gasteiger partial charge in [0, 0.05) is 5.56 Å².